The molecule has 4 heteroatoms. The van der Waals surface area contributed by atoms with Crippen molar-refractivity contribution < 1.29 is 19.1 Å². The van der Waals surface area contributed by atoms with E-state index < -0.39 is 0 Å². The third-order valence-electron chi connectivity index (χ3n) is 4.45. The highest BCUT2D eigenvalue weighted by molar-refractivity contribution is 5.72. The molecule has 0 aromatic rings. The van der Waals surface area contributed by atoms with Gasteiger partial charge in [-0.1, -0.05) is 27.7 Å². The van der Waals surface area contributed by atoms with E-state index in [9.17, 15) is 9.59 Å². The number of carbonyl (C=O) groups excluding carboxylic acids is 2. The molecule has 22 heavy (non-hydrogen) atoms. The molecule has 0 bridgehead atoms. The minimum atomic E-state index is -0.208. The van der Waals surface area contributed by atoms with Crippen LogP contribution in [0.25, 0.3) is 0 Å². The third kappa shape index (κ3) is 7.28. The Morgan fingerprint density at radius 2 is 1.64 bits per heavy atom. The summed E-state index contributed by atoms with van der Waals surface area (Å²) in [6.07, 6.45) is 6.21. The van der Waals surface area contributed by atoms with Gasteiger partial charge >= 0.3 is 11.9 Å². The molecule has 1 unspecified atom stereocenters. The summed E-state index contributed by atoms with van der Waals surface area (Å²) in [6, 6.07) is 0. The summed E-state index contributed by atoms with van der Waals surface area (Å²) in [6.45, 7) is 8.35. The predicted octanol–water partition coefficient (Wildman–Crippen LogP) is 4.26. The zero-order chi connectivity index (χ0) is 16.5. The van der Waals surface area contributed by atoms with Crippen LogP contribution in [0.3, 0.4) is 0 Å². The molecule has 0 N–H and O–H groups in total. The van der Waals surface area contributed by atoms with Crippen LogP contribution in [0.2, 0.25) is 0 Å². The molecule has 0 spiro atoms. The normalized spacial score (nSPS) is 23.1. The minimum absolute atomic E-state index is 0.0244. The highest BCUT2D eigenvalue weighted by Gasteiger charge is 2.21. The second kappa shape index (κ2) is 9.86. The lowest BCUT2D eigenvalue weighted by Crippen LogP contribution is -2.24. The van der Waals surface area contributed by atoms with E-state index in [1.165, 1.54) is 0 Å². The van der Waals surface area contributed by atoms with Gasteiger partial charge in [-0.3, -0.25) is 9.59 Å². The van der Waals surface area contributed by atoms with Gasteiger partial charge < -0.3 is 9.47 Å². The first-order valence-corrected chi connectivity index (χ1v) is 8.81. The highest BCUT2D eigenvalue weighted by Crippen LogP contribution is 2.25. The van der Waals surface area contributed by atoms with Gasteiger partial charge in [-0.15, -0.1) is 0 Å². The van der Waals surface area contributed by atoms with Crippen molar-refractivity contribution in [1.82, 2.24) is 0 Å². The van der Waals surface area contributed by atoms with Crippen LogP contribution < -0.4 is 0 Å². The second-order valence-electron chi connectivity index (χ2n) is 6.91. The van der Waals surface area contributed by atoms with Crippen LogP contribution in [-0.4, -0.2) is 24.1 Å². The highest BCUT2D eigenvalue weighted by atomic mass is 16.5. The molecule has 1 fully saturated rings. The summed E-state index contributed by atoms with van der Waals surface area (Å²) in [5, 5.41) is 0. The Balaban J connectivity index is 2.15. The van der Waals surface area contributed by atoms with Gasteiger partial charge in [-0.2, -0.15) is 0 Å². The van der Waals surface area contributed by atoms with Crippen molar-refractivity contribution in [2.24, 2.45) is 11.8 Å². The molecule has 0 aliphatic heterocycles. The molecular formula is C18H32O4. The predicted molar refractivity (Wildman–Crippen MR) is 86.4 cm³/mol. The lowest BCUT2D eigenvalue weighted by atomic mass is 9.89. The van der Waals surface area contributed by atoms with E-state index in [0.717, 1.165) is 38.0 Å². The van der Waals surface area contributed by atoms with Crippen LogP contribution in [0.5, 0.6) is 0 Å². The number of hydrogen-bond acceptors (Lipinski definition) is 4. The molecule has 0 heterocycles. The van der Waals surface area contributed by atoms with E-state index >= 15 is 0 Å². The van der Waals surface area contributed by atoms with E-state index in [2.05, 4.69) is 6.92 Å². The van der Waals surface area contributed by atoms with Crippen molar-refractivity contribution in [1.29, 1.82) is 0 Å². The number of carbonyl (C=O) groups is 2. The largest absolute Gasteiger partial charge is 0.462 e. The average Bonchev–Trinajstić information content (AvgIpc) is 2.47. The van der Waals surface area contributed by atoms with Crippen molar-refractivity contribution >= 4 is 11.9 Å². The second-order valence-corrected chi connectivity index (χ2v) is 6.91. The standard InChI is InChI=1S/C18H32O4/c1-5-16(13(2)3)22-18(20)8-6-7-17(19)21-15-11-9-14(4)10-12-15/h13-16H,5-12H2,1-4H3. The Bertz CT molecular complexity index is 343. The summed E-state index contributed by atoms with van der Waals surface area (Å²) >= 11 is 0. The van der Waals surface area contributed by atoms with Crippen molar-refractivity contribution in [2.45, 2.75) is 91.3 Å². The summed E-state index contributed by atoms with van der Waals surface area (Å²) in [5.41, 5.74) is 0. The van der Waals surface area contributed by atoms with Crippen LogP contribution in [0.15, 0.2) is 0 Å². The van der Waals surface area contributed by atoms with Crippen LogP contribution in [0.4, 0.5) is 0 Å². The van der Waals surface area contributed by atoms with Gasteiger partial charge in [0.05, 0.1) is 0 Å². The van der Waals surface area contributed by atoms with E-state index in [-0.39, 0.29) is 24.1 Å². The van der Waals surface area contributed by atoms with Crippen LogP contribution >= 0.6 is 0 Å². The molecule has 0 saturated heterocycles. The molecule has 1 atom stereocenters. The molecule has 0 amide bonds. The molecule has 0 aromatic carbocycles. The average molecular weight is 312 g/mol. The van der Waals surface area contributed by atoms with Crippen LogP contribution in [0.1, 0.15) is 79.1 Å². The number of ether oxygens (including phenoxy) is 2. The SMILES string of the molecule is CCC(OC(=O)CCCC(=O)OC1CCC(C)CC1)C(C)C. The maximum atomic E-state index is 11.8. The van der Waals surface area contributed by atoms with Crippen LogP contribution in [0, 0.1) is 11.8 Å². The van der Waals surface area contributed by atoms with Gasteiger partial charge in [0.2, 0.25) is 0 Å². The molecule has 128 valence electrons. The maximum absolute atomic E-state index is 11.8. The zero-order valence-corrected chi connectivity index (χ0v) is 14.6. The first kappa shape index (κ1) is 19.0. The van der Waals surface area contributed by atoms with E-state index in [0.29, 0.717) is 25.2 Å². The first-order valence-electron chi connectivity index (χ1n) is 8.81. The fourth-order valence-corrected chi connectivity index (χ4v) is 2.89. The Labute approximate surface area is 134 Å². The molecule has 1 aliphatic carbocycles. The molecule has 1 saturated carbocycles. The van der Waals surface area contributed by atoms with Crippen molar-refractivity contribution in [3.8, 4) is 0 Å². The lowest BCUT2D eigenvalue weighted by molar-refractivity contribution is -0.153. The Hall–Kier alpha value is -1.06. The molecule has 1 rings (SSSR count). The van der Waals surface area contributed by atoms with Crippen molar-refractivity contribution in [3.63, 3.8) is 0 Å². The molecule has 0 radical (unpaired) electrons. The smallest absolute Gasteiger partial charge is 0.306 e. The topological polar surface area (TPSA) is 52.6 Å². The number of rotatable bonds is 8. The van der Waals surface area contributed by atoms with Crippen molar-refractivity contribution in [3.05, 3.63) is 0 Å². The van der Waals surface area contributed by atoms with E-state index in [4.69, 9.17) is 9.47 Å². The quantitative estimate of drug-likeness (QED) is 0.628. The van der Waals surface area contributed by atoms with Gasteiger partial charge in [-0.05, 0) is 50.4 Å². The van der Waals surface area contributed by atoms with E-state index in [1.54, 1.807) is 0 Å². The number of esters is 2. The van der Waals surface area contributed by atoms with Crippen LogP contribution in [-0.2, 0) is 19.1 Å². The summed E-state index contributed by atoms with van der Waals surface area (Å²) < 4.78 is 10.9. The lowest BCUT2D eigenvalue weighted by Gasteiger charge is -2.26. The van der Waals surface area contributed by atoms with Crippen molar-refractivity contribution in [2.75, 3.05) is 0 Å². The Kier molecular flexibility index (Phi) is 8.51. The third-order valence-corrected chi connectivity index (χ3v) is 4.45. The van der Waals surface area contributed by atoms with Gasteiger partial charge in [0.1, 0.15) is 12.2 Å². The Morgan fingerprint density at radius 1 is 1.05 bits per heavy atom. The Morgan fingerprint density at radius 3 is 2.18 bits per heavy atom. The molecule has 4 nitrogen and oxygen atoms in total. The van der Waals surface area contributed by atoms with Gasteiger partial charge in [0.15, 0.2) is 0 Å². The fraction of sp³-hybridized carbons (Fsp3) is 0.889. The minimum Gasteiger partial charge on any atom is -0.462 e. The number of hydrogen-bond donors (Lipinski definition) is 0. The van der Waals surface area contributed by atoms with Gasteiger partial charge in [0.25, 0.3) is 0 Å². The summed E-state index contributed by atoms with van der Waals surface area (Å²) in [7, 11) is 0. The monoisotopic (exact) mass is 312 g/mol. The summed E-state index contributed by atoms with van der Waals surface area (Å²) in [4.78, 5) is 23.5. The molecule has 0 aromatic heterocycles. The van der Waals surface area contributed by atoms with Gasteiger partial charge in [-0.25, -0.2) is 0 Å². The zero-order valence-electron chi connectivity index (χ0n) is 14.6. The first-order chi connectivity index (χ1) is 10.4. The maximum Gasteiger partial charge on any atom is 0.306 e. The fourth-order valence-electron chi connectivity index (χ4n) is 2.89. The molecular weight excluding hydrogens is 280 g/mol. The molecule has 1 aliphatic rings. The van der Waals surface area contributed by atoms with Gasteiger partial charge in [0, 0.05) is 12.8 Å². The summed E-state index contributed by atoms with van der Waals surface area (Å²) in [5.74, 6) is 0.688. The van der Waals surface area contributed by atoms with E-state index in [1.807, 2.05) is 20.8 Å².